The molecule has 2 heterocycles. The van der Waals surface area contributed by atoms with Gasteiger partial charge in [0.2, 0.25) is 0 Å². The van der Waals surface area contributed by atoms with Gasteiger partial charge in [0.25, 0.3) is 5.91 Å². The lowest BCUT2D eigenvalue weighted by atomic mass is 10.1. The van der Waals surface area contributed by atoms with Crippen LogP contribution in [0.5, 0.6) is 0 Å². The Bertz CT molecular complexity index is 380. The summed E-state index contributed by atoms with van der Waals surface area (Å²) in [7, 11) is 0. The highest BCUT2D eigenvalue weighted by atomic mass is 35.5. The Morgan fingerprint density at radius 3 is 2.94 bits per heavy atom. The first kappa shape index (κ1) is 11.7. The van der Waals surface area contributed by atoms with E-state index in [1.54, 1.807) is 18.3 Å². The van der Waals surface area contributed by atoms with Gasteiger partial charge in [0.05, 0.1) is 0 Å². The molecule has 0 spiro atoms. The number of hydrogen-bond acceptors (Lipinski definition) is 3. The van der Waals surface area contributed by atoms with Crippen molar-refractivity contribution in [1.82, 2.24) is 10.3 Å². The number of pyridine rings is 1. The predicted octanol–water partition coefficient (Wildman–Crippen LogP) is 2.36. The van der Waals surface area contributed by atoms with Crippen LogP contribution in [-0.4, -0.2) is 28.4 Å². The highest BCUT2D eigenvalue weighted by molar-refractivity contribution is 7.99. The molecule has 1 amide bonds. The molecular weight excluding hydrogens is 244 g/mol. The van der Waals surface area contributed by atoms with Crippen molar-refractivity contribution >= 4 is 29.3 Å². The highest BCUT2D eigenvalue weighted by Crippen LogP contribution is 2.17. The van der Waals surface area contributed by atoms with Crippen LogP contribution in [0.4, 0.5) is 0 Å². The fraction of sp³-hybridized carbons (Fsp3) is 0.455. The van der Waals surface area contributed by atoms with Crippen molar-refractivity contribution in [2.75, 3.05) is 11.5 Å². The molecule has 1 aromatic heterocycles. The number of amides is 1. The number of carbonyl (C=O) groups excluding carboxylic acids is 1. The van der Waals surface area contributed by atoms with Crippen LogP contribution in [0.15, 0.2) is 18.3 Å². The third-order valence-electron chi connectivity index (χ3n) is 2.51. The summed E-state index contributed by atoms with van der Waals surface area (Å²) in [6, 6.07) is 3.54. The molecule has 0 aliphatic carbocycles. The molecule has 3 nitrogen and oxygen atoms in total. The first-order valence-electron chi connectivity index (χ1n) is 5.26. The Labute approximate surface area is 104 Å². The minimum atomic E-state index is -0.126. The van der Waals surface area contributed by atoms with Gasteiger partial charge < -0.3 is 5.32 Å². The van der Waals surface area contributed by atoms with Crippen molar-refractivity contribution in [3.8, 4) is 0 Å². The molecule has 0 atom stereocenters. The number of carbonyl (C=O) groups is 1. The molecule has 1 saturated heterocycles. The standard InChI is InChI=1S/C11H13ClN2OS/c12-8-1-4-13-10(7-8)11(15)14-9-2-5-16-6-3-9/h1,4,7,9H,2-3,5-6H2,(H,14,15). The number of nitrogens with one attached hydrogen (secondary N) is 1. The van der Waals surface area contributed by atoms with E-state index in [2.05, 4.69) is 10.3 Å². The van der Waals surface area contributed by atoms with E-state index in [9.17, 15) is 4.79 Å². The van der Waals surface area contributed by atoms with Crippen LogP contribution in [0.1, 0.15) is 23.3 Å². The van der Waals surface area contributed by atoms with Crippen LogP contribution < -0.4 is 5.32 Å². The summed E-state index contributed by atoms with van der Waals surface area (Å²) < 4.78 is 0. The van der Waals surface area contributed by atoms with E-state index < -0.39 is 0 Å². The van der Waals surface area contributed by atoms with Crippen LogP contribution >= 0.6 is 23.4 Å². The molecule has 2 rings (SSSR count). The van der Waals surface area contributed by atoms with Gasteiger partial charge in [-0.1, -0.05) is 11.6 Å². The van der Waals surface area contributed by atoms with E-state index in [0.717, 1.165) is 24.3 Å². The number of hydrogen-bond donors (Lipinski definition) is 1. The highest BCUT2D eigenvalue weighted by Gasteiger charge is 2.17. The van der Waals surface area contributed by atoms with Gasteiger partial charge in [0.1, 0.15) is 5.69 Å². The molecule has 0 aromatic carbocycles. The molecule has 1 N–H and O–H groups in total. The van der Waals surface area contributed by atoms with Crippen molar-refractivity contribution in [2.24, 2.45) is 0 Å². The second kappa shape index (κ2) is 5.55. The molecule has 0 unspecified atom stereocenters. The first-order valence-corrected chi connectivity index (χ1v) is 6.79. The van der Waals surface area contributed by atoms with Gasteiger partial charge >= 0.3 is 0 Å². The average Bonchev–Trinajstić information content (AvgIpc) is 2.30. The van der Waals surface area contributed by atoms with Gasteiger partial charge in [-0.15, -0.1) is 0 Å². The average molecular weight is 257 g/mol. The van der Waals surface area contributed by atoms with Gasteiger partial charge in [-0.05, 0) is 36.5 Å². The van der Waals surface area contributed by atoms with Gasteiger partial charge in [-0.25, -0.2) is 0 Å². The fourth-order valence-corrected chi connectivity index (χ4v) is 2.90. The van der Waals surface area contributed by atoms with Crippen LogP contribution in [0.2, 0.25) is 5.02 Å². The summed E-state index contributed by atoms with van der Waals surface area (Å²) in [5, 5.41) is 3.53. The third-order valence-corrected chi connectivity index (χ3v) is 3.79. The van der Waals surface area contributed by atoms with Gasteiger partial charge in [0.15, 0.2) is 0 Å². The Kier molecular flexibility index (Phi) is 4.07. The molecular formula is C11H13ClN2OS. The summed E-state index contributed by atoms with van der Waals surface area (Å²) in [5.41, 5.74) is 0.394. The quantitative estimate of drug-likeness (QED) is 0.883. The summed E-state index contributed by atoms with van der Waals surface area (Å²) in [4.78, 5) is 15.8. The zero-order chi connectivity index (χ0) is 11.4. The SMILES string of the molecule is O=C(NC1CCSCC1)c1cc(Cl)ccn1. The lowest BCUT2D eigenvalue weighted by Crippen LogP contribution is -2.37. The minimum Gasteiger partial charge on any atom is -0.348 e. The molecule has 1 aliphatic heterocycles. The molecule has 0 saturated carbocycles. The van der Waals surface area contributed by atoms with E-state index in [4.69, 9.17) is 11.6 Å². The van der Waals surface area contributed by atoms with Crippen molar-refractivity contribution < 1.29 is 4.79 Å². The maximum atomic E-state index is 11.8. The monoisotopic (exact) mass is 256 g/mol. The van der Waals surface area contributed by atoms with Crippen molar-refractivity contribution in [3.63, 3.8) is 0 Å². The van der Waals surface area contributed by atoms with Crippen molar-refractivity contribution in [3.05, 3.63) is 29.0 Å². The van der Waals surface area contributed by atoms with E-state index >= 15 is 0 Å². The third kappa shape index (κ3) is 3.12. The molecule has 1 aliphatic rings. The summed E-state index contributed by atoms with van der Waals surface area (Å²) in [6.07, 6.45) is 3.63. The van der Waals surface area contributed by atoms with E-state index in [0.29, 0.717) is 10.7 Å². The number of halogens is 1. The Morgan fingerprint density at radius 2 is 2.25 bits per heavy atom. The second-order valence-electron chi connectivity index (χ2n) is 3.72. The summed E-state index contributed by atoms with van der Waals surface area (Å²) in [5.74, 6) is 2.11. The number of nitrogens with zero attached hydrogens (tertiary/aromatic N) is 1. The molecule has 1 fully saturated rings. The van der Waals surface area contributed by atoms with Crippen LogP contribution in [-0.2, 0) is 0 Å². The van der Waals surface area contributed by atoms with Crippen LogP contribution in [0.3, 0.4) is 0 Å². The Morgan fingerprint density at radius 1 is 1.50 bits per heavy atom. The minimum absolute atomic E-state index is 0.126. The Hall–Kier alpha value is -0.740. The van der Waals surface area contributed by atoms with E-state index in [-0.39, 0.29) is 11.9 Å². The first-order chi connectivity index (χ1) is 7.75. The fourth-order valence-electron chi connectivity index (χ4n) is 1.63. The normalized spacial score (nSPS) is 17.1. The topological polar surface area (TPSA) is 42.0 Å². The van der Waals surface area contributed by atoms with Crippen LogP contribution in [0.25, 0.3) is 0 Å². The molecule has 0 bridgehead atoms. The number of rotatable bonds is 2. The van der Waals surface area contributed by atoms with Crippen LogP contribution in [0, 0.1) is 0 Å². The number of thioether (sulfide) groups is 1. The summed E-state index contributed by atoms with van der Waals surface area (Å²) >= 11 is 7.74. The second-order valence-corrected chi connectivity index (χ2v) is 5.38. The van der Waals surface area contributed by atoms with Crippen molar-refractivity contribution in [2.45, 2.75) is 18.9 Å². The van der Waals surface area contributed by atoms with Gasteiger partial charge in [-0.3, -0.25) is 9.78 Å². The largest absolute Gasteiger partial charge is 0.348 e. The summed E-state index contributed by atoms with van der Waals surface area (Å²) in [6.45, 7) is 0. The lowest BCUT2D eigenvalue weighted by Gasteiger charge is -2.22. The zero-order valence-corrected chi connectivity index (χ0v) is 10.4. The molecule has 16 heavy (non-hydrogen) atoms. The van der Waals surface area contributed by atoms with E-state index in [1.807, 2.05) is 11.8 Å². The maximum Gasteiger partial charge on any atom is 0.270 e. The van der Waals surface area contributed by atoms with Crippen molar-refractivity contribution in [1.29, 1.82) is 0 Å². The lowest BCUT2D eigenvalue weighted by molar-refractivity contribution is 0.0930. The molecule has 86 valence electrons. The number of aromatic nitrogens is 1. The predicted molar refractivity (Wildman–Crippen MR) is 67.1 cm³/mol. The molecule has 5 heteroatoms. The molecule has 1 aromatic rings. The van der Waals surface area contributed by atoms with E-state index in [1.165, 1.54) is 0 Å². The zero-order valence-electron chi connectivity index (χ0n) is 8.78. The van der Waals surface area contributed by atoms with Gasteiger partial charge in [-0.2, -0.15) is 11.8 Å². The van der Waals surface area contributed by atoms with Gasteiger partial charge in [0, 0.05) is 17.3 Å². The molecule has 0 radical (unpaired) electrons. The smallest absolute Gasteiger partial charge is 0.270 e. The maximum absolute atomic E-state index is 11.8. The Balaban J connectivity index is 1.97.